The third-order valence-corrected chi connectivity index (χ3v) is 2.01. The van der Waals surface area contributed by atoms with Crippen LogP contribution in [0.1, 0.15) is 66.7 Å². The molecule has 14 heavy (non-hydrogen) atoms. The van der Waals surface area contributed by atoms with Gasteiger partial charge in [0.15, 0.2) is 0 Å². The lowest BCUT2D eigenvalue weighted by Gasteiger charge is -2.21. The van der Waals surface area contributed by atoms with Crippen molar-refractivity contribution in [3.8, 4) is 0 Å². The van der Waals surface area contributed by atoms with Crippen LogP contribution in [0.2, 0.25) is 0 Å². The van der Waals surface area contributed by atoms with E-state index in [1.165, 1.54) is 32.1 Å². The third kappa shape index (κ3) is 9.56. The van der Waals surface area contributed by atoms with Gasteiger partial charge in [0.25, 0.3) is 0 Å². The first-order valence-corrected chi connectivity index (χ1v) is 6.06. The molecule has 2 heteroatoms. The Morgan fingerprint density at radius 3 is 1.79 bits per heavy atom. The van der Waals surface area contributed by atoms with Crippen molar-refractivity contribution in [3.05, 3.63) is 0 Å². The maximum atomic E-state index is 10.6. The summed E-state index contributed by atoms with van der Waals surface area (Å²) < 4.78 is 0. The average Bonchev–Trinajstić information content (AvgIpc) is 2.24. The number of rotatable bonds is 1. The zero-order chi connectivity index (χ0) is 11.4. The van der Waals surface area contributed by atoms with Gasteiger partial charge in [0.1, 0.15) is 0 Å². The highest BCUT2D eigenvalue weighted by Gasteiger charge is 2.12. The van der Waals surface area contributed by atoms with Crippen LogP contribution in [0.25, 0.3) is 0 Å². The Kier molecular flexibility index (Phi) is 14.2. The Bertz CT molecular complexity index is 117. The minimum Gasteiger partial charge on any atom is -0.354 e. The van der Waals surface area contributed by atoms with Gasteiger partial charge in [-0.05, 0) is 12.8 Å². The van der Waals surface area contributed by atoms with Crippen LogP contribution in [0.4, 0.5) is 0 Å². The van der Waals surface area contributed by atoms with Crippen LogP contribution in [0, 0.1) is 0 Å². The molecule has 0 aliphatic heterocycles. The molecule has 0 unspecified atom stereocenters. The molecule has 0 aromatic heterocycles. The summed E-state index contributed by atoms with van der Waals surface area (Å²) in [7, 11) is 0. The van der Waals surface area contributed by atoms with Gasteiger partial charge < -0.3 is 5.32 Å². The zero-order valence-electron chi connectivity index (χ0n) is 10.5. The molecule has 1 aliphatic carbocycles. The maximum absolute atomic E-state index is 10.6. The number of nitrogens with one attached hydrogen (secondary N) is 1. The minimum atomic E-state index is 0.118. The van der Waals surface area contributed by atoms with Crippen molar-refractivity contribution in [2.75, 3.05) is 0 Å². The van der Waals surface area contributed by atoms with Crippen LogP contribution in [-0.2, 0) is 4.79 Å². The molecule has 1 fully saturated rings. The van der Waals surface area contributed by atoms with Crippen molar-refractivity contribution in [1.29, 1.82) is 0 Å². The van der Waals surface area contributed by atoms with Gasteiger partial charge in [-0.15, -0.1) is 0 Å². The quantitative estimate of drug-likeness (QED) is 0.691. The Balaban J connectivity index is 0. The summed E-state index contributed by atoms with van der Waals surface area (Å²) in [6, 6.07) is 0.478. The highest BCUT2D eigenvalue weighted by Crippen LogP contribution is 2.16. The van der Waals surface area contributed by atoms with Gasteiger partial charge in [-0.25, -0.2) is 0 Å². The fourth-order valence-electron chi connectivity index (χ4n) is 1.53. The number of amides is 1. The first-order chi connectivity index (χ1) is 6.79. The predicted molar refractivity (Wildman–Crippen MR) is 63.4 cm³/mol. The largest absolute Gasteiger partial charge is 0.354 e. The molecule has 1 N–H and O–H groups in total. The van der Waals surface area contributed by atoms with Crippen molar-refractivity contribution in [2.24, 2.45) is 0 Å². The van der Waals surface area contributed by atoms with Crippen molar-refractivity contribution in [1.82, 2.24) is 5.32 Å². The topological polar surface area (TPSA) is 29.1 Å². The van der Waals surface area contributed by atoms with Crippen molar-refractivity contribution < 1.29 is 4.79 Å². The second kappa shape index (κ2) is 12.5. The Labute approximate surface area is 89.5 Å². The molecule has 1 saturated carbocycles. The number of carbonyl (C=O) groups is 1. The molecule has 0 radical (unpaired) electrons. The highest BCUT2D eigenvalue weighted by atomic mass is 16.1. The van der Waals surface area contributed by atoms with Gasteiger partial charge in [-0.3, -0.25) is 4.79 Å². The molecule has 0 spiro atoms. The molecule has 0 aromatic rings. The molecular weight excluding hydrogens is 174 g/mol. The first kappa shape index (κ1) is 15.9. The average molecular weight is 201 g/mol. The van der Waals surface area contributed by atoms with E-state index in [2.05, 4.69) is 5.32 Å². The van der Waals surface area contributed by atoms with Gasteiger partial charge in [0.05, 0.1) is 0 Å². The highest BCUT2D eigenvalue weighted by molar-refractivity contribution is 5.73. The summed E-state index contributed by atoms with van der Waals surface area (Å²) in [6.07, 6.45) is 6.27. The summed E-state index contributed by atoms with van der Waals surface area (Å²) in [5.41, 5.74) is 0. The normalized spacial score (nSPS) is 15.5. The molecule has 2 nitrogen and oxygen atoms in total. The number of hydrogen-bond acceptors (Lipinski definition) is 1. The second-order valence-electron chi connectivity index (χ2n) is 3.04. The van der Waals surface area contributed by atoms with Gasteiger partial charge in [-0.1, -0.05) is 47.0 Å². The molecule has 0 aromatic carbocycles. The van der Waals surface area contributed by atoms with Gasteiger partial charge in [-0.2, -0.15) is 0 Å². The molecule has 1 amide bonds. The van der Waals surface area contributed by atoms with Crippen LogP contribution in [0.3, 0.4) is 0 Å². The van der Waals surface area contributed by atoms with E-state index in [1.54, 1.807) is 6.92 Å². The smallest absolute Gasteiger partial charge is 0.217 e. The Hall–Kier alpha value is -0.530. The summed E-state index contributed by atoms with van der Waals surface area (Å²) in [6.45, 7) is 9.59. The van der Waals surface area contributed by atoms with E-state index >= 15 is 0 Å². The van der Waals surface area contributed by atoms with E-state index in [9.17, 15) is 4.79 Å². The van der Waals surface area contributed by atoms with Gasteiger partial charge >= 0.3 is 0 Å². The van der Waals surface area contributed by atoms with Crippen LogP contribution in [0.15, 0.2) is 0 Å². The van der Waals surface area contributed by atoms with Gasteiger partial charge in [0.2, 0.25) is 5.91 Å². The fourth-order valence-corrected chi connectivity index (χ4v) is 1.53. The van der Waals surface area contributed by atoms with Crippen molar-refractivity contribution in [3.63, 3.8) is 0 Å². The monoisotopic (exact) mass is 201 g/mol. The third-order valence-electron chi connectivity index (χ3n) is 2.01. The molecular formula is C12H27NO. The van der Waals surface area contributed by atoms with E-state index in [4.69, 9.17) is 0 Å². The standard InChI is InChI=1S/C8H15NO.2C2H6/c1-7(10)9-8-5-3-2-4-6-8;2*1-2/h8H,2-6H2,1H3,(H,9,10);2*1-2H3. The first-order valence-electron chi connectivity index (χ1n) is 6.06. The molecule has 1 rings (SSSR count). The minimum absolute atomic E-state index is 0.118. The van der Waals surface area contributed by atoms with Crippen LogP contribution in [-0.4, -0.2) is 11.9 Å². The molecule has 0 bridgehead atoms. The number of hydrogen-bond donors (Lipinski definition) is 1. The van der Waals surface area contributed by atoms with Gasteiger partial charge in [0, 0.05) is 13.0 Å². The Morgan fingerprint density at radius 1 is 1.00 bits per heavy atom. The second-order valence-corrected chi connectivity index (χ2v) is 3.04. The van der Waals surface area contributed by atoms with Crippen molar-refractivity contribution >= 4 is 5.91 Å². The summed E-state index contributed by atoms with van der Waals surface area (Å²) in [5.74, 6) is 0.118. The molecule has 86 valence electrons. The van der Waals surface area contributed by atoms with E-state index in [0.29, 0.717) is 6.04 Å². The summed E-state index contributed by atoms with van der Waals surface area (Å²) in [5, 5.41) is 2.94. The molecule has 0 heterocycles. The van der Waals surface area contributed by atoms with E-state index in [1.807, 2.05) is 27.7 Å². The molecule has 0 saturated heterocycles. The summed E-state index contributed by atoms with van der Waals surface area (Å²) in [4.78, 5) is 10.6. The maximum Gasteiger partial charge on any atom is 0.217 e. The lowest BCUT2D eigenvalue weighted by molar-refractivity contribution is -0.119. The lowest BCUT2D eigenvalue weighted by Crippen LogP contribution is -2.34. The Morgan fingerprint density at radius 2 is 1.43 bits per heavy atom. The number of carbonyl (C=O) groups excluding carboxylic acids is 1. The SMILES string of the molecule is CC.CC.CC(=O)NC1CCCCC1. The van der Waals surface area contributed by atoms with Crippen LogP contribution >= 0.6 is 0 Å². The summed E-state index contributed by atoms with van der Waals surface area (Å²) >= 11 is 0. The van der Waals surface area contributed by atoms with Crippen LogP contribution in [0.5, 0.6) is 0 Å². The molecule has 0 atom stereocenters. The fraction of sp³-hybridized carbons (Fsp3) is 0.917. The van der Waals surface area contributed by atoms with Crippen molar-refractivity contribution in [2.45, 2.75) is 72.8 Å². The zero-order valence-corrected chi connectivity index (χ0v) is 10.5. The van der Waals surface area contributed by atoms with Crippen LogP contribution < -0.4 is 5.32 Å². The lowest BCUT2D eigenvalue weighted by atomic mass is 9.95. The predicted octanol–water partition coefficient (Wildman–Crippen LogP) is 3.51. The van der Waals surface area contributed by atoms with E-state index < -0.39 is 0 Å². The molecule has 1 aliphatic rings. The van der Waals surface area contributed by atoms with E-state index in [-0.39, 0.29) is 5.91 Å². The van der Waals surface area contributed by atoms with E-state index in [0.717, 1.165) is 0 Å².